The predicted octanol–water partition coefficient (Wildman–Crippen LogP) is 2.47. The van der Waals surface area contributed by atoms with Crippen LogP contribution in [0.25, 0.3) is 0 Å². The van der Waals surface area contributed by atoms with Gasteiger partial charge in [0.25, 0.3) is 5.91 Å². The molecule has 0 bridgehead atoms. The van der Waals surface area contributed by atoms with Crippen LogP contribution in [0, 0.1) is 5.92 Å². The average Bonchev–Trinajstić information content (AvgIpc) is 3.29. The minimum absolute atomic E-state index is 0.0337. The first-order chi connectivity index (χ1) is 15.2. The van der Waals surface area contributed by atoms with Crippen LogP contribution in [0.5, 0.6) is 5.75 Å². The summed E-state index contributed by atoms with van der Waals surface area (Å²) in [6.07, 6.45) is 3.25. The van der Waals surface area contributed by atoms with Gasteiger partial charge in [-0.3, -0.25) is 4.79 Å². The number of piperazine rings is 1. The molecule has 1 N–H and O–H groups in total. The third-order valence-electron chi connectivity index (χ3n) is 5.74. The van der Waals surface area contributed by atoms with E-state index in [4.69, 9.17) is 9.47 Å². The van der Waals surface area contributed by atoms with Gasteiger partial charge in [-0.1, -0.05) is 26.7 Å². The van der Waals surface area contributed by atoms with Gasteiger partial charge in [-0.2, -0.15) is 0 Å². The van der Waals surface area contributed by atoms with E-state index in [1.165, 1.54) is 19.2 Å². The van der Waals surface area contributed by atoms with Crippen LogP contribution in [0.15, 0.2) is 23.1 Å². The minimum Gasteiger partial charge on any atom is -0.495 e. The summed E-state index contributed by atoms with van der Waals surface area (Å²) in [5.41, 5.74) is 0.272. The Morgan fingerprint density at radius 2 is 1.72 bits per heavy atom. The van der Waals surface area contributed by atoms with E-state index in [1.54, 1.807) is 15.9 Å². The van der Waals surface area contributed by atoms with E-state index >= 15 is 0 Å². The van der Waals surface area contributed by atoms with E-state index < -0.39 is 10.0 Å². The molecule has 2 fully saturated rings. The maximum Gasteiger partial charge on any atom is 0.409 e. The molecular weight excluding hydrogens is 434 g/mol. The van der Waals surface area contributed by atoms with Gasteiger partial charge in [-0.25, -0.2) is 17.9 Å². The van der Waals surface area contributed by atoms with Crippen molar-refractivity contribution >= 4 is 22.0 Å². The summed E-state index contributed by atoms with van der Waals surface area (Å²) in [4.78, 5) is 28.4. The Morgan fingerprint density at radius 3 is 2.31 bits per heavy atom. The van der Waals surface area contributed by atoms with Crippen LogP contribution >= 0.6 is 0 Å². The maximum absolute atomic E-state index is 13.0. The molecule has 178 valence electrons. The third-order valence-corrected chi connectivity index (χ3v) is 7.28. The van der Waals surface area contributed by atoms with Crippen molar-refractivity contribution in [1.82, 2.24) is 14.5 Å². The zero-order valence-electron chi connectivity index (χ0n) is 19.0. The van der Waals surface area contributed by atoms with E-state index in [-0.39, 0.29) is 40.2 Å². The van der Waals surface area contributed by atoms with Crippen LogP contribution in [-0.2, 0) is 14.8 Å². The van der Waals surface area contributed by atoms with Crippen molar-refractivity contribution in [2.75, 3.05) is 39.9 Å². The molecule has 2 aliphatic rings. The second kappa shape index (κ2) is 10.5. The molecule has 1 saturated heterocycles. The number of nitrogens with one attached hydrogen (secondary N) is 1. The summed E-state index contributed by atoms with van der Waals surface area (Å²) in [6, 6.07) is 4.36. The van der Waals surface area contributed by atoms with Gasteiger partial charge in [0.15, 0.2) is 0 Å². The first kappa shape index (κ1) is 24.3. The third kappa shape index (κ3) is 5.92. The standard InChI is InChI=1S/C22H33N3O6S/c1-16(2)15-31-22(27)25-12-10-24(11-13-25)21(26)17-8-9-19(30-3)20(14-17)32(28,29)23-18-6-4-5-7-18/h8-9,14,16,18,23H,4-7,10-13,15H2,1-3H3. The van der Waals surface area contributed by atoms with Crippen molar-refractivity contribution in [1.29, 1.82) is 0 Å². The topological polar surface area (TPSA) is 105 Å². The van der Waals surface area contributed by atoms with Gasteiger partial charge in [0, 0.05) is 37.8 Å². The molecule has 9 nitrogen and oxygen atoms in total. The molecule has 0 spiro atoms. The summed E-state index contributed by atoms with van der Waals surface area (Å²) < 4.78 is 39.2. The number of hydrogen-bond donors (Lipinski definition) is 1. The van der Waals surface area contributed by atoms with Gasteiger partial charge in [-0.15, -0.1) is 0 Å². The number of ether oxygens (including phenoxy) is 2. The lowest BCUT2D eigenvalue weighted by molar-refractivity contribution is 0.0535. The molecule has 32 heavy (non-hydrogen) atoms. The molecule has 1 aliphatic carbocycles. The van der Waals surface area contributed by atoms with E-state index in [0.29, 0.717) is 32.8 Å². The number of hydrogen-bond acceptors (Lipinski definition) is 6. The smallest absolute Gasteiger partial charge is 0.409 e. The molecule has 0 radical (unpaired) electrons. The Labute approximate surface area is 190 Å². The Kier molecular flexibility index (Phi) is 8.00. The van der Waals surface area contributed by atoms with E-state index in [9.17, 15) is 18.0 Å². The van der Waals surface area contributed by atoms with Crippen molar-refractivity contribution in [3.63, 3.8) is 0 Å². The Morgan fingerprint density at radius 1 is 1.09 bits per heavy atom. The van der Waals surface area contributed by atoms with Crippen LogP contribution in [-0.4, -0.2) is 76.2 Å². The number of carbonyl (C=O) groups is 2. The number of methoxy groups -OCH3 is 1. The zero-order chi connectivity index (χ0) is 23.3. The minimum atomic E-state index is -3.82. The molecule has 0 aromatic heterocycles. The van der Waals surface area contributed by atoms with Crippen molar-refractivity contribution in [2.24, 2.45) is 5.92 Å². The van der Waals surface area contributed by atoms with Gasteiger partial charge in [0.1, 0.15) is 10.6 Å². The number of carbonyl (C=O) groups excluding carboxylic acids is 2. The number of benzene rings is 1. The first-order valence-electron chi connectivity index (χ1n) is 11.1. The fraction of sp³-hybridized carbons (Fsp3) is 0.636. The number of sulfonamides is 1. The number of rotatable bonds is 7. The number of amides is 2. The number of nitrogens with zero attached hydrogens (tertiary/aromatic N) is 2. The highest BCUT2D eigenvalue weighted by Crippen LogP contribution is 2.28. The molecule has 0 atom stereocenters. The summed E-state index contributed by atoms with van der Waals surface area (Å²) in [6.45, 7) is 5.73. The molecular formula is C22H33N3O6S. The second-order valence-electron chi connectivity index (χ2n) is 8.72. The molecule has 10 heteroatoms. The van der Waals surface area contributed by atoms with Gasteiger partial charge in [0.2, 0.25) is 10.0 Å². The highest BCUT2D eigenvalue weighted by molar-refractivity contribution is 7.89. The molecule has 2 amide bonds. The molecule has 0 unspecified atom stereocenters. The lowest BCUT2D eigenvalue weighted by atomic mass is 10.1. The second-order valence-corrected chi connectivity index (χ2v) is 10.4. The Balaban J connectivity index is 1.68. The van der Waals surface area contributed by atoms with Gasteiger partial charge < -0.3 is 19.3 Å². The Bertz CT molecular complexity index is 920. The monoisotopic (exact) mass is 467 g/mol. The van der Waals surface area contributed by atoms with E-state index in [2.05, 4.69) is 4.72 Å². The summed E-state index contributed by atoms with van der Waals surface area (Å²) in [5.74, 6) is 0.176. The molecule has 3 rings (SSSR count). The first-order valence-corrected chi connectivity index (χ1v) is 12.6. The molecule has 1 aliphatic heterocycles. The van der Waals surface area contributed by atoms with Crippen molar-refractivity contribution in [2.45, 2.75) is 50.5 Å². The van der Waals surface area contributed by atoms with E-state index in [0.717, 1.165) is 25.7 Å². The van der Waals surface area contributed by atoms with E-state index in [1.807, 2.05) is 13.8 Å². The highest BCUT2D eigenvalue weighted by Gasteiger charge is 2.29. The quantitative estimate of drug-likeness (QED) is 0.660. The summed E-state index contributed by atoms with van der Waals surface area (Å²) in [7, 11) is -2.42. The maximum atomic E-state index is 13.0. The largest absolute Gasteiger partial charge is 0.495 e. The van der Waals surface area contributed by atoms with Gasteiger partial charge in [0.05, 0.1) is 13.7 Å². The Hall–Kier alpha value is -2.33. The van der Waals surface area contributed by atoms with Crippen LogP contribution in [0.4, 0.5) is 4.79 Å². The normalized spacial score (nSPS) is 17.6. The van der Waals surface area contributed by atoms with Crippen LogP contribution in [0.2, 0.25) is 0 Å². The lowest BCUT2D eigenvalue weighted by Gasteiger charge is -2.34. The van der Waals surface area contributed by atoms with Crippen molar-refractivity contribution in [3.05, 3.63) is 23.8 Å². The van der Waals surface area contributed by atoms with Crippen molar-refractivity contribution in [3.8, 4) is 5.75 Å². The molecule has 1 heterocycles. The highest BCUT2D eigenvalue weighted by atomic mass is 32.2. The fourth-order valence-corrected chi connectivity index (χ4v) is 5.45. The zero-order valence-corrected chi connectivity index (χ0v) is 19.8. The van der Waals surface area contributed by atoms with Crippen molar-refractivity contribution < 1.29 is 27.5 Å². The molecule has 1 saturated carbocycles. The fourth-order valence-electron chi connectivity index (χ4n) is 3.95. The summed E-state index contributed by atoms with van der Waals surface area (Å²) >= 11 is 0. The predicted molar refractivity (Wildman–Crippen MR) is 119 cm³/mol. The SMILES string of the molecule is COc1ccc(C(=O)N2CCN(C(=O)OCC(C)C)CC2)cc1S(=O)(=O)NC1CCCC1. The molecule has 1 aromatic carbocycles. The summed E-state index contributed by atoms with van der Waals surface area (Å²) in [5, 5.41) is 0. The average molecular weight is 468 g/mol. The van der Waals surface area contributed by atoms with Gasteiger partial charge in [-0.05, 0) is 37.0 Å². The lowest BCUT2D eigenvalue weighted by Crippen LogP contribution is -2.50. The van der Waals surface area contributed by atoms with Crippen LogP contribution in [0.3, 0.4) is 0 Å². The van der Waals surface area contributed by atoms with Crippen LogP contribution in [0.1, 0.15) is 49.9 Å². The van der Waals surface area contributed by atoms with Crippen LogP contribution < -0.4 is 9.46 Å². The van der Waals surface area contributed by atoms with Gasteiger partial charge >= 0.3 is 6.09 Å². The molecule has 1 aromatic rings.